The van der Waals surface area contributed by atoms with Gasteiger partial charge in [0.15, 0.2) is 0 Å². The van der Waals surface area contributed by atoms with Gasteiger partial charge in [-0.05, 0) is 39.5 Å². The third kappa shape index (κ3) is 2.22. The lowest BCUT2D eigenvalue weighted by molar-refractivity contribution is -0.157. The average Bonchev–Trinajstić information content (AvgIpc) is 3.22. The number of piperazine rings is 1. The first-order valence-electron chi connectivity index (χ1n) is 7.54. The summed E-state index contributed by atoms with van der Waals surface area (Å²) in [6.45, 7) is 6.81. The van der Waals surface area contributed by atoms with Gasteiger partial charge in [0, 0.05) is 25.5 Å². The molecule has 2 amide bonds. The third-order valence-corrected chi connectivity index (χ3v) is 4.86. The highest BCUT2D eigenvalue weighted by Crippen LogP contribution is 2.44. The Morgan fingerprint density at radius 1 is 1.38 bits per heavy atom. The molecule has 0 spiro atoms. The van der Waals surface area contributed by atoms with Crippen molar-refractivity contribution in [2.24, 2.45) is 5.92 Å². The summed E-state index contributed by atoms with van der Waals surface area (Å²) in [6.07, 6.45) is 5.70. The highest BCUT2D eigenvalue weighted by molar-refractivity contribution is 5.99. The number of imidazole rings is 1. The maximum Gasteiger partial charge on any atom is 0.246 e. The molecular weight excluding hydrogens is 268 g/mol. The summed E-state index contributed by atoms with van der Waals surface area (Å²) in [5.74, 6) is 1.21. The maximum atomic E-state index is 12.5. The largest absolute Gasteiger partial charge is 0.343 e. The van der Waals surface area contributed by atoms with Crippen LogP contribution in [0.5, 0.6) is 0 Å². The zero-order valence-corrected chi connectivity index (χ0v) is 12.8. The van der Waals surface area contributed by atoms with Crippen LogP contribution < -0.4 is 5.32 Å². The molecule has 3 rings (SSSR count). The predicted molar refractivity (Wildman–Crippen MR) is 77.4 cm³/mol. The quantitative estimate of drug-likeness (QED) is 0.888. The maximum absolute atomic E-state index is 12.5. The average molecular weight is 290 g/mol. The molecule has 0 aromatic carbocycles. The van der Waals surface area contributed by atoms with E-state index in [1.165, 1.54) is 0 Å². The highest BCUT2D eigenvalue weighted by atomic mass is 16.2. The topological polar surface area (TPSA) is 67.2 Å². The summed E-state index contributed by atoms with van der Waals surface area (Å²) >= 11 is 0. The van der Waals surface area contributed by atoms with Crippen LogP contribution in [-0.4, -0.2) is 44.4 Å². The Kier molecular flexibility index (Phi) is 3.26. The molecule has 6 heteroatoms. The van der Waals surface area contributed by atoms with E-state index in [4.69, 9.17) is 0 Å². The number of nitrogens with one attached hydrogen (secondary N) is 1. The fourth-order valence-corrected chi connectivity index (χ4v) is 3.23. The molecular formula is C15H22N4O2. The van der Waals surface area contributed by atoms with E-state index in [1.54, 1.807) is 18.0 Å². The van der Waals surface area contributed by atoms with E-state index >= 15 is 0 Å². The molecule has 1 aliphatic carbocycles. The summed E-state index contributed by atoms with van der Waals surface area (Å²) in [5, 5.41) is 2.83. The lowest BCUT2D eigenvalue weighted by Crippen LogP contribution is -2.70. The van der Waals surface area contributed by atoms with Crippen molar-refractivity contribution < 1.29 is 9.59 Å². The minimum atomic E-state index is -0.696. The van der Waals surface area contributed by atoms with Crippen molar-refractivity contribution in [1.29, 1.82) is 0 Å². The summed E-state index contributed by atoms with van der Waals surface area (Å²) in [5.41, 5.74) is -0.696. The van der Waals surface area contributed by atoms with E-state index in [1.807, 2.05) is 24.6 Å². The van der Waals surface area contributed by atoms with Crippen molar-refractivity contribution in [2.45, 2.75) is 51.7 Å². The lowest BCUT2D eigenvalue weighted by Gasteiger charge is -2.46. The molecule has 2 heterocycles. The highest BCUT2D eigenvalue weighted by Gasteiger charge is 2.56. The molecule has 6 nitrogen and oxygen atoms in total. The smallest absolute Gasteiger partial charge is 0.246 e. The van der Waals surface area contributed by atoms with Crippen LogP contribution in [0.25, 0.3) is 0 Å². The van der Waals surface area contributed by atoms with Gasteiger partial charge in [0.25, 0.3) is 0 Å². The fraction of sp³-hybridized carbons (Fsp3) is 0.667. The summed E-state index contributed by atoms with van der Waals surface area (Å²) in [7, 11) is 0. The van der Waals surface area contributed by atoms with Crippen LogP contribution in [0.1, 0.15) is 32.5 Å². The van der Waals surface area contributed by atoms with Crippen LogP contribution >= 0.6 is 0 Å². The van der Waals surface area contributed by atoms with E-state index in [9.17, 15) is 9.59 Å². The Labute approximate surface area is 124 Å². The van der Waals surface area contributed by atoms with Gasteiger partial charge < -0.3 is 14.8 Å². The first kappa shape index (κ1) is 14.1. The number of amides is 2. The van der Waals surface area contributed by atoms with Crippen molar-refractivity contribution in [3.63, 3.8) is 0 Å². The molecule has 1 aromatic heterocycles. The number of aromatic nitrogens is 2. The van der Waals surface area contributed by atoms with Crippen molar-refractivity contribution in [3.05, 3.63) is 18.2 Å². The summed E-state index contributed by atoms with van der Waals surface area (Å²) < 4.78 is 2.01. The van der Waals surface area contributed by atoms with E-state index < -0.39 is 11.6 Å². The molecule has 1 saturated heterocycles. The molecule has 1 aromatic rings. The first-order chi connectivity index (χ1) is 9.94. The number of hydrogen-bond donors (Lipinski definition) is 1. The van der Waals surface area contributed by atoms with Gasteiger partial charge in [0.1, 0.15) is 17.4 Å². The van der Waals surface area contributed by atoms with Gasteiger partial charge >= 0.3 is 0 Å². The normalized spacial score (nSPS) is 29.7. The fourth-order valence-electron chi connectivity index (χ4n) is 3.23. The number of aryl methyl sites for hydroxylation is 1. The summed E-state index contributed by atoms with van der Waals surface area (Å²) in [4.78, 5) is 31.0. The zero-order chi connectivity index (χ0) is 15.2. The molecule has 2 fully saturated rings. The standard InChI is InChI=1S/C15H22N4O2/c1-10-13(20)19(9-8-18-7-6-16-11(18)2)15(3,12-4-5-12)14(21)17-10/h6-7,10,12H,4-5,8-9H2,1-3H3,(H,17,21). The monoisotopic (exact) mass is 290 g/mol. The van der Waals surface area contributed by atoms with Crippen molar-refractivity contribution in [2.75, 3.05) is 6.54 Å². The molecule has 1 saturated carbocycles. The molecule has 2 unspecified atom stereocenters. The van der Waals surface area contributed by atoms with Crippen molar-refractivity contribution in [3.8, 4) is 0 Å². The number of nitrogens with zero attached hydrogens (tertiary/aromatic N) is 3. The van der Waals surface area contributed by atoms with Crippen LogP contribution in [0.4, 0.5) is 0 Å². The molecule has 2 aliphatic rings. The zero-order valence-electron chi connectivity index (χ0n) is 12.8. The molecule has 2 atom stereocenters. The van der Waals surface area contributed by atoms with Gasteiger partial charge in [-0.25, -0.2) is 4.98 Å². The van der Waals surface area contributed by atoms with E-state index in [-0.39, 0.29) is 17.7 Å². The molecule has 0 radical (unpaired) electrons. The molecule has 114 valence electrons. The van der Waals surface area contributed by atoms with Gasteiger partial charge in [0.05, 0.1) is 0 Å². The van der Waals surface area contributed by atoms with Crippen LogP contribution in [0.3, 0.4) is 0 Å². The Morgan fingerprint density at radius 3 is 2.67 bits per heavy atom. The Bertz CT molecular complexity index is 578. The summed E-state index contributed by atoms with van der Waals surface area (Å²) in [6, 6.07) is -0.437. The Morgan fingerprint density at radius 2 is 2.10 bits per heavy atom. The second kappa shape index (κ2) is 4.86. The second-order valence-electron chi connectivity index (χ2n) is 6.27. The number of carbonyl (C=O) groups is 2. The lowest BCUT2D eigenvalue weighted by atomic mass is 9.88. The third-order valence-electron chi connectivity index (χ3n) is 4.86. The van der Waals surface area contributed by atoms with Gasteiger partial charge in [0.2, 0.25) is 11.8 Å². The minimum Gasteiger partial charge on any atom is -0.343 e. The van der Waals surface area contributed by atoms with E-state index in [0.29, 0.717) is 13.1 Å². The number of carbonyl (C=O) groups excluding carboxylic acids is 2. The van der Waals surface area contributed by atoms with Crippen LogP contribution in [0, 0.1) is 12.8 Å². The molecule has 1 N–H and O–H groups in total. The van der Waals surface area contributed by atoms with Crippen LogP contribution in [0.15, 0.2) is 12.4 Å². The Hall–Kier alpha value is -1.85. The SMILES string of the molecule is Cc1nccn1CCN1C(=O)C(C)NC(=O)C1(C)C1CC1. The molecule has 0 bridgehead atoms. The number of hydrogen-bond acceptors (Lipinski definition) is 3. The predicted octanol–water partition coefficient (Wildman–Crippen LogP) is 0.707. The number of rotatable bonds is 4. The first-order valence-corrected chi connectivity index (χ1v) is 7.54. The van der Waals surface area contributed by atoms with Gasteiger partial charge in [-0.15, -0.1) is 0 Å². The van der Waals surface area contributed by atoms with E-state index in [0.717, 1.165) is 18.7 Å². The van der Waals surface area contributed by atoms with E-state index in [2.05, 4.69) is 10.3 Å². The molecule has 1 aliphatic heterocycles. The molecule has 21 heavy (non-hydrogen) atoms. The van der Waals surface area contributed by atoms with Gasteiger partial charge in [-0.1, -0.05) is 0 Å². The van der Waals surface area contributed by atoms with Gasteiger partial charge in [-0.3, -0.25) is 9.59 Å². The van der Waals surface area contributed by atoms with Crippen molar-refractivity contribution in [1.82, 2.24) is 19.8 Å². The van der Waals surface area contributed by atoms with Crippen LogP contribution in [0.2, 0.25) is 0 Å². The van der Waals surface area contributed by atoms with Gasteiger partial charge in [-0.2, -0.15) is 0 Å². The van der Waals surface area contributed by atoms with Crippen molar-refractivity contribution >= 4 is 11.8 Å². The second-order valence-corrected chi connectivity index (χ2v) is 6.27. The Balaban J connectivity index is 1.82. The van der Waals surface area contributed by atoms with Crippen LogP contribution in [-0.2, 0) is 16.1 Å². The minimum absolute atomic E-state index is 0.0144.